The van der Waals surface area contributed by atoms with Gasteiger partial charge in [-0.05, 0) is 19.1 Å². The first-order valence-electron chi connectivity index (χ1n) is 6.77. The van der Waals surface area contributed by atoms with Gasteiger partial charge in [0.2, 0.25) is 0 Å². The number of halogens is 4. The molecule has 0 radical (unpaired) electrons. The van der Waals surface area contributed by atoms with Gasteiger partial charge in [0.15, 0.2) is 29.1 Å². The molecule has 2 aromatic carbocycles. The zero-order chi connectivity index (χ0) is 16.4. The summed E-state index contributed by atoms with van der Waals surface area (Å²) in [4.78, 5) is 4.20. The lowest BCUT2D eigenvalue weighted by Gasteiger charge is -2.28. The summed E-state index contributed by atoms with van der Waals surface area (Å²) in [6.07, 6.45) is 1.47. The van der Waals surface area contributed by atoms with Crippen LogP contribution in [-0.2, 0) is 5.79 Å². The number of imidazole rings is 1. The van der Waals surface area contributed by atoms with Crippen molar-refractivity contribution in [2.45, 2.75) is 12.7 Å². The highest BCUT2D eigenvalue weighted by molar-refractivity contribution is 5.80. The maximum atomic E-state index is 13.9. The summed E-state index contributed by atoms with van der Waals surface area (Å²) >= 11 is 0. The van der Waals surface area contributed by atoms with Crippen LogP contribution in [0.15, 0.2) is 30.6 Å². The van der Waals surface area contributed by atoms with Gasteiger partial charge in [-0.1, -0.05) is 12.1 Å². The van der Waals surface area contributed by atoms with Gasteiger partial charge < -0.3 is 10.6 Å². The van der Waals surface area contributed by atoms with Crippen LogP contribution >= 0.6 is 0 Å². The van der Waals surface area contributed by atoms with E-state index in [0.717, 1.165) is 0 Å². The number of hydrogen-bond acceptors (Lipinski definition) is 3. The topological polar surface area (TPSA) is 41.9 Å². The number of para-hydroxylation sites is 2. The first-order valence-corrected chi connectivity index (χ1v) is 6.77. The Bertz CT molecular complexity index is 913. The molecule has 0 spiro atoms. The Morgan fingerprint density at radius 3 is 2.09 bits per heavy atom. The van der Waals surface area contributed by atoms with Gasteiger partial charge in [0.25, 0.3) is 0 Å². The number of rotatable bonds is 1. The molecule has 3 aromatic rings. The van der Waals surface area contributed by atoms with Gasteiger partial charge in [-0.25, -0.2) is 22.5 Å². The third kappa shape index (κ3) is 1.74. The highest BCUT2D eigenvalue weighted by Gasteiger charge is 2.40. The number of aromatic nitrogens is 2. The molecule has 2 N–H and O–H groups in total. The molecule has 1 aromatic heterocycles. The van der Waals surface area contributed by atoms with Crippen LogP contribution in [-0.4, -0.2) is 9.55 Å². The van der Waals surface area contributed by atoms with Crippen LogP contribution in [0.25, 0.3) is 11.0 Å². The number of fused-ring (bicyclic) bond motifs is 2. The molecule has 0 amide bonds. The molecule has 118 valence electrons. The molecule has 0 unspecified atom stereocenters. The minimum absolute atomic E-state index is 0.457. The van der Waals surface area contributed by atoms with Crippen molar-refractivity contribution in [1.82, 2.24) is 9.55 Å². The normalized spacial score (nSPS) is 15.3. The van der Waals surface area contributed by atoms with E-state index in [-0.39, 0.29) is 0 Å². The molecule has 0 aliphatic carbocycles. The van der Waals surface area contributed by atoms with Crippen LogP contribution in [0.5, 0.6) is 0 Å². The van der Waals surface area contributed by atoms with Gasteiger partial charge >= 0.3 is 0 Å². The van der Waals surface area contributed by atoms with Crippen LogP contribution in [0.1, 0.15) is 6.92 Å². The summed E-state index contributed by atoms with van der Waals surface area (Å²) < 4.78 is 56.3. The third-order valence-electron chi connectivity index (χ3n) is 3.94. The maximum Gasteiger partial charge on any atom is 0.199 e. The lowest BCUT2D eigenvalue weighted by atomic mass is 10.2. The molecule has 0 fully saturated rings. The second-order valence-electron chi connectivity index (χ2n) is 5.43. The fraction of sp³-hybridized carbons (Fsp3) is 0.133. The average Bonchev–Trinajstić information content (AvgIpc) is 3.13. The fourth-order valence-electron chi connectivity index (χ4n) is 2.82. The van der Waals surface area contributed by atoms with E-state index in [1.807, 2.05) is 0 Å². The number of nitrogens with zero attached hydrogens (tertiary/aromatic N) is 2. The predicted octanol–water partition coefficient (Wildman–Crippen LogP) is 3.76. The second-order valence-corrected chi connectivity index (χ2v) is 5.43. The molecule has 0 saturated heterocycles. The van der Waals surface area contributed by atoms with Gasteiger partial charge in [-0.2, -0.15) is 0 Å². The molecule has 0 bridgehead atoms. The van der Waals surface area contributed by atoms with Crippen LogP contribution in [0.4, 0.5) is 28.9 Å². The molecule has 1 aliphatic heterocycles. The van der Waals surface area contributed by atoms with Crippen molar-refractivity contribution >= 4 is 22.4 Å². The number of hydrogen-bond donors (Lipinski definition) is 2. The first kappa shape index (κ1) is 13.9. The van der Waals surface area contributed by atoms with Crippen LogP contribution in [0.2, 0.25) is 0 Å². The smallest absolute Gasteiger partial charge is 0.199 e. The van der Waals surface area contributed by atoms with E-state index in [2.05, 4.69) is 15.6 Å². The number of anilines is 2. The van der Waals surface area contributed by atoms with Gasteiger partial charge in [0.1, 0.15) is 11.4 Å². The van der Waals surface area contributed by atoms with Crippen molar-refractivity contribution < 1.29 is 17.6 Å². The Hall–Kier alpha value is -2.77. The Kier molecular flexibility index (Phi) is 2.64. The van der Waals surface area contributed by atoms with Crippen LogP contribution in [0.3, 0.4) is 0 Å². The molecule has 4 rings (SSSR count). The standard InChI is InChI=1S/C15H10F4N4/c1-15(23-6-20-7-4-2-3-5-8(7)23)21-13-11(18)9(16)10(17)12(19)14(13)22-15/h2-6,21-22H,1H3. The summed E-state index contributed by atoms with van der Waals surface area (Å²) in [5.41, 5.74) is 0.444. The second kappa shape index (κ2) is 4.37. The van der Waals surface area contributed by atoms with E-state index >= 15 is 0 Å². The van der Waals surface area contributed by atoms with E-state index < -0.39 is 40.4 Å². The van der Waals surface area contributed by atoms with Crippen molar-refractivity contribution in [1.29, 1.82) is 0 Å². The summed E-state index contributed by atoms with van der Waals surface area (Å²) in [7, 11) is 0. The molecule has 0 saturated carbocycles. The van der Waals surface area contributed by atoms with Crippen molar-refractivity contribution in [3.63, 3.8) is 0 Å². The van der Waals surface area contributed by atoms with Crippen LogP contribution in [0, 0.1) is 23.3 Å². The van der Waals surface area contributed by atoms with Crippen molar-refractivity contribution in [3.8, 4) is 0 Å². The lowest BCUT2D eigenvalue weighted by Crippen LogP contribution is -2.41. The van der Waals surface area contributed by atoms with Crippen LogP contribution < -0.4 is 10.6 Å². The van der Waals surface area contributed by atoms with Gasteiger partial charge in [-0.15, -0.1) is 0 Å². The molecule has 4 nitrogen and oxygen atoms in total. The highest BCUT2D eigenvalue weighted by Crippen LogP contribution is 2.42. The van der Waals surface area contributed by atoms with Gasteiger partial charge in [-0.3, -0.25) is 4.57 Å². The zero-order valence-corrected chi connectivity index (χ0v) is 11.8. The van der Waals surface area contributed by atoms with E-state index in [0.29, 0.717) is 11.0 Å². The molecule has 1 aliphatic rings. The number of benzene rings is 2. The Labute approximate surface area is 127 Å². The lowest BCUT2D eigenvalue weighted by molar-refractivity contribution is 0.414. The minimum Gasteiger partial charge on any atom is -0.341 e. The largest absolute Gasteiger partial charge is 0.341 e. The summed E-state index contributed by atoms with van der Waals surface area (Å²) in [5.74, 6) is -7.88. The molecule has 8 heteroatoms. The number of nitrogens with one attached hydrogen (secondary N) is 2. The fourth-order valence-corrected chi connectivity index (χ4v) is 2.82. The SMILES string of the molecule is CC1(n2cnc3ccccc32)Nc2c(F)c(F)c(F)c(F)c2N1. The zero-order valence-electron chi connectivity index (χ0n) is 11.8. The summed E-state index contributed by atoms with van der Waals surface area (Å²) in [6, 6.07) is 7.13. The van der Waals surface area contributed by atoms with E-state index in [1.54, 1.807) is 35.8 Å². The molecule has 0 atom stereocenters. The molecule has 2 heterocycles. The summed E-state index contributed by atoms with van der Waals surface area (Å²) in [6.45, 7) is 1.58. The quantitative estimate of drug-likeness (QED) is 0.407. The Balaban J connectivity index is 1.89. The predicted molar refractivity (Wildman–Crippen MR) is 76.9 cm³/mol. The van der Waals surface area contributed by atoms with Crippen molar-refractivity contribution in [2.75, 3.05) is 10.6 Å². The average molecular weight is 322 g/mol. The highest BCUT2D eigenvalue weighted by atomic mass is 19.2. The van der Waals surface area contributed by atoms with Gasteiger partial charge in [0.05, 0.1) is 17.4 Å². The van der Waals surface area contributed by atoms with Crippen molar-refractivity contribution in [2.24, 2.45) is 0 Å². The Morgan fingerprint density at radius 2 is 1.48 bits per heavy atom. The van der Waals surface area contributed by atoms with E-state index in [4.69, 9.17) is 0 Å². The first-order chi connectivity index (χ1) is 10.9. The van der Waals surface area contributed by atoms with Crippen molar-refractivity contribution in [3.05, 3.63) is 53.9 Å². The molecule has 23 heavy (non-hydrogen) atoms. The monoisotopic (exact) mass is 322 g/mol. The van der Waals surface area contributed by atoms with E-state index in [1.165, 1.54) is 6.33 Å². The molecular weight excluding hydrogens is 312 g/mol. The molecular formula is C15H10F4N4. The maximum absolute atomic E-state index is 13.9. The Morgan fingerprint density at radius 1 is 0.913 bits per heavy atom. The summed E-state index contributed by atoms with van der Waals surface area (Å²) in [5, 5.41) is 5.35. The minimum atomic E-state index is -1.85. The van der Waals surface area contributed by atoms with Gasteiger partial charge in [0, 0.05) is 0 Å². The third-order valence-corrected chi connectivity index (χ3v) is 3.94. The van der Waals surface area contributed by atoms with E-state index in [9.17, 15) is 17.6 Å².